The third-order valence-corrected chi connectivity index (χ3v) is 5.20. The van der Waals surface area contributed by atoms with Gasteiger partial charge in [0.1, 0.15) is 12.6 Å². The van der Waals surface area contributed by atoms with Gasteiger partial charge in [-0.2, -0.15) is 0 Å². The molecular formula is C24H31N3O3. The van der Waals surface area contributed by atoms with Crippen molar-refractivity contribution in [2.45, 2.75) is 32.9 Å². The maximum atomic E-state index is 12.8. The highest BCUT2D eigenvalue weighted by Crippen LogP contribution is 2.16. The number of para-hydroxylation sites is 1. The molecule has 0 radical (unpaired) electrons. The number of piperazine rings is 1. The van der Waals surface area contributed by atoms with Crippen molar-refractivity contribution >= 4 is 17.7 Å². The Balaban J connectivity index is 1.52. The molecule has 0 aliphatic carbocycles. The first kappa shape index (κ1) is 21.7. The number of rotatable bonds is 7. The minimum absolute atomic E-state index is 0.204. The van der Waals surface area contributed by atoms with Crippen LogP contribution in [0.5, 0.6) is 0 Å². The summed E-state index contributed by atoms with van der Waals surface area (Å²) in [7, 11) is 0. The Morgan fingerprint density at radius 2 is 1.53 bits per heavy atom. The summed E-state index contributed by atoms with van der Waals surface area (Å²) in [6.07, 6.45) is 0.545. The van der Waals surface area contributed by atoms with Crippen molar-refractivity contribution in [1.82, 2.24) is 10.2 Å². The molecule has 6 heteroatoms. The summed E-state index contributed by atoms with van der Waals surface area (Å²) in [5.74, 6) is -0.127. The maximum Gasteiger partial charge on any atom is 0.329 e. The van der Waals surface area contributed by atoms with Crippen molar-refractivity contribution in [3.05, 3.63) is 66.2 Å². The lowest BCUT2D eigenvalue weighted by molar-refractivity contribution is -0.147. The molecule has 1 fully saturated rings. The quantitative estimate of drug-likeness (QED) is 0.709. The van der Waals surface area contributed by atoms with E-state index in [1.807, 2.05) is 62.4 Å². The number of benzene rings is 2. The molecule has 1 unspecified atom stereocenters. The molecule has 1 atom stereocenters. The zero-order chi connectivity index (χ0) is 21.3. The van der Waals surface area contributed by atoms with Crippen LogP contribution in [0.4, 0.5) is 10.5 Å². The van der Waals surface area contributed by atoms with Gasteiger partial charge in [0.15, 0.2) is 0 Å². The Hall–Kier alpha value is -3.02. The fraction of sp³-hybridized carbons (Fsp3) is 0.417. The third kappa shape index (κ3) is 6.24. The van der Waals surface area contributed by atoms with Crippen molar-refractivity contribution in [1.29, 1.82) is 0 Å². The zero-order valence-corrected chi connectivity index (χ0v) is 17.8. The van der Waals surface area contributed by atoms with Crippen LogP contribution in [0, 0.1) is 5.92 Å². The summed E-state index contributed by atoms with van der Waals surface area (Å²) < 4.78 is 5.47. The first-order valence-corrected chi connectivity index (χ1v) is 10.6. The van der Waals surface area contributed by atoms with E-state index in [9.17, 15) is 9.59 Å². The van der Waals surface area contributed by atoms with Gasteiger partial charge in [-0.1, -0.05) is 62.4 Å². The molecular weight excluding hydrogens is 378 g/mol. The van der Waals surface area contributed by atoms with Crippen LogP contribution in [0.15, 0.2) is 60.7 Å². The number of ether oxygens (including phenoxy) is 1. The predicted molar refractivity (Wildman–Crippen MR) is 118 cm³/mol. The topological polar surface area (TPSA) is 61.9 Å². The Morgan fingerprint density at radius 1 is 0.933 bits per heavy atom. The highest BCUT2D eigenvalue weighted by atomic mass is 16.5. The van der Waals surface area contributed by atoms with Crippen molar-refractivity contribution < 1.29 is 14.3 Å². The van der Waals surface area contributed by atoms with Gasteiger partial charge in [0, 0.05) is 31.9 Å². The SMILES string of the molecule is CC(C)CC(NC(=O)N1CCN(c2ccccc2)CC1)C(=O)OCc1ccccc1. The summed E-state index contributed by atoms with van der Waals surface area (Å²) >= 11 is 0. The lowest BCUT2D eigenvalue weighted by Crippen LogP contribution is -2.55. The van der Waals surface area contributed by atoms with Crippen LogP contribution in [0.1, 0.15) is 25.8 Å². The number of hydrogen-bond donors (Lipinski definition) is 1. The molecule has 0 saturated carbocycles. The minimum atomic E-state index is -0.645. The van der Waals surface area contributed by atoms with Gasteiger partial charge in [0.2, 0.25) is 0 Å². The van der Waals surface area contributed by atoms with E-state index in [2.05, 4.69) is 22.3 Å². The van der Waals surface area contributed by atoms with E-state index in [1.165, 1.54) is 5.69 Å². The van der Waals surface area contributed by atoms with E-state index in [-0.39, 0.29) is 24.5 Å². The smallest absolute Gasteiger partial charge is 0.329 e. The molecule has 0 bridgehead atoms. The summed E-state index contributed by atoms with van der Waals surface area (Å²) in [4.78, 5) is 29.5. The second-order valence-corrected chi connectivity index (χ2v) is 8.03. The highest BCUT2D eigenvalue weighted by molar-refractivity contribution is 5.83. The van der Waals surface area contributed by atoms with E-state index in [1.54, 1.807) is 4.90 Å². The van der Waals surface area contributed by atoms with Crippen LogP contribution in [-0.4, -0.2) is 49.1 Å². The zero-order valence-electron chi connectivity index (χ0n) is 17.8. The van der Waals surface area contributed by atoms with Gasteiger partial charge in [0.25, 0.3) is 0 Å². The van der Waals surface area contributed by atoms with Gasteiger partial charge in [-0.15, -0.1) is 0 Å². The molecule has 0 spiro atoms. The van der Waals surface area contributed by atoms with Crippen LogP contribution < -0.4 is 10.2 Å². The van der Waals surface area contributed by atoms with Gasteiger partial charge in [-0.25, -0.2) is 9.59 Å². The lowest BCUT2D eigenvalue weighted by Gasteiger charge is -2.36. The van der Waals surface area contributed by atoms with Crippen molar-refractivity contribution in [3.63, 3.8) is 0 Å². The molecule has 1 saturated heterocycles. The number of amides is 2. The van der Waals surface area contributed by atoms with Crippen LogP contribution in [0.25, 0.3) is 0 Å². The van der Waals surface area contributed by atoms with Gasteiger partial charge < -0.3 is 19.9 Å². The number of hydrogen-bond acceptors (Lipinski definition) is 4. The van der Waals surface area contributed by atoms with Crippen LogP contribution in [0.2, 0.25) is 0 Å². The molecule has 1 aliphatic rings. The standard InChI is InChI=1S/C24H31N3O3/c1-19(2)17-22(23(28)30-18-20-9-5-3-6-10-20)25-24(29)27-15-13-26(14-16-27)21-11-7-4-8-12-21/h3-12,19,22H,13-18H2,1-2H3,(H,25,29). The molecule has 6 nitrogen and oxygen atoms in total. The first-order chi connectivity index (χ1) is 14.5. The van der Waals surface area contributed by atoms with Crippen molar-refractivity contribution in [2.75, 3.05) is 31.1 Å². The first-order valence-electron chi connectivity index (χ1n) is 10.6. The van der Waals surface area contributed by atoms with Gasteiger partial charge in [-0.3, -0.25) is 0 Å². The Morgan fingerprint density at radius 3 is 2.13 bits per heavy atom. The fourth-order valence-electron chi connectivity index (χ4n) is 3.56. The molecule has 1 N–H and O–H groups in total. The van der Waals surface area contributed by atoms with E-state index < -0.39 is 6.04 Å². The number of esters is 1. The van der Waals surface area contributed by atoms with Gasteiger partial charge in [-0.05, 0) is 30.0 Å². The van der Waals surface area contributed by atoms with E-state index >= 15 is 0 Å². The summed E-state index contributed by atoms with van der Waals surface area (Å²) in [6, 6.07) is 18.9. The number of anilines is 1. The van der Waals surface area contributed by atoms with E-state index in [4.69, 9.17) is 4.74 Å². The second-order valence-electron chi connectivity index (χ2n) is 8.03. The monoisotopic (exact) mass is 409 g/mol. The maximum absolute atomic E-state index is 12.8. The Bertz CT molecular complexity index is 803. The number of urea groups is 1. The summed E-state index contributed by atoms with van der Waals surface area (Å²) in [5, 5.41) is 2.90. The average molecular weight is 410 g/mol. The fourth-order valence-corrected chi connectivity index (χ4v) is 3.56. The molecule has 2 aromatic rings. The van der Waals surface area contributed by atoms with Gasteiger partial charge in [0.05, 0.1) is 0 Å². The molecule has 1 aliphatic heterocycles. The van der Waals surface area contributed by atoms with Crippen LogP contribution in [0.3, 0.4) is 0 Å². The predicted octanol–water partition coefficient (Wildman–Crippen LogP) is 3.68. The Kier molecular flexibility index (Phi) is 7.71. The second kappa shape index (κ2) is 10.7. The van der Waals surface area contributed by atoms with Crippen molar-refractivity contribution in [3.8, 4) is 0 Å². The van der Waals surface area contributed by atoms with E-state index in [0.29, 0.717) is 19.5 Å². The summed E-state index contributed by atoms with van der Waals surface area (Å²) in [6.45, 7) is 7.04. The average Bonchev–Trinajstić information content (AvgIpc) is 2.78. The number of nitrogens with zero attached hydrogens (tertiary/aromatic N) is 2. The number of carbonyl (C=O) groups excluding carboxylic acids is 2. The van der Waals surface area contributed by atoms with Crippen molar-refractivity contribution in [2.24, 2.45) is 5.92 Å². The molecule has 0 aromatic heterocycles. The minimum Gasteiger partial charge on any atom is -0.459 e. The Labute approximate surface area is 178 Å². The lowest BCUT2D eigenvalue weighted by atomic mass is 10.0. The normalized spacial score (nSPS) is 15.0. The van der Waals surface area contributed by atoms with E-state index in [0.717, 1.165) is 18.7 Å². The van der Waals surface area contributed by atoms with Crippen LogP contribution >= 0.6 is 0 Å². The third-order valence-electron chi connectivity index (χ3n) is 5.20. The largest absolute Gasteiger partial charge is 0.459 e. The van der Waals surface area contributed by atoms with Gasteiger partial charge >= 0.3 is 12.0 Å². The highest BCUT2D eigenvalue weighted by Gasteiger charge is 2.27. The molecule has 160 valence electrons. The molecule has 30 heavy (non-hydrogen) atoms. The molecule has 1 heterocycles. The number of carbonyl (C=O) groups is 2. The number of nitrogens with one attached hydrogen (secondary N) is 1. The van der Waals surface area contributed by atoms with Crippen LogP contribution in [-0.2, 0) is 16.1 Å². The molecule has 3 rings (SSSR count). The molecule has 2 amide bonds. The summed E-state index contributed by atoms with van der Waals surface area (Å²) in [5.41, 5.74) is 2.09. The molecule has 2 aromatic carbocycles.